The topological polar surface area (TPSA) is 168 Å². The first-order valence-electron chi connectivity index (χ1n) is 20.9. The van der Waals surface area contributed by atoms with Crippen LogP contribution in [-0.4, -0.2) is 94.7 Å². The van der Waals surface area contributed by atoms with Crippen LogP contribution in [0.1, 0.15) is 82.3 Å². The number of fused-ring (bicyclic) bond motifs is 1. The lowest BCUT2D eigenvalue weighted by Crippen LogP contribution is -2.42. The largest absolute Gasteiger partial charge is 0.441 e. The zero-order valence-corrected chi connectivity index (χ0v) is 34.6. The summed E-state index contributed by atoms with van der Waals surface area (Å²) < 4.78 is 33.0. The molecule has 0 bridgehead atoms. The molecule has 13 heteroatoms. The molecule has 4 aromatic rings. The van der Waals surface area contributed by atoms with Gasteiger partial charge in [0.15, 0.2) is 6.23 Å². The van der Waals surface area contributed by atoms with E-state index in [4.69, 9.17) is 4.74 Å². The highest BCUT2D eigenvalue weighted by Gasteiger charge is 2.40. The number of carbonyl (C=O) groups excluding carboxylic acids is 1. The van der Waals surface area contributed by atoms with E-state index in [1.807, 2.05) is 60.8 Å². The van der Waals surface area contributed by atoms with Crippen LogP contribution in [0.25, 0.3) is 10.9 Å². The number of nitrogens with one attached hydrogen (secondary N) is 2. The SMILES string of the molecule is CC(OC(=O)CCC/C=C\C[C@@H]1[C@@H](CC[C@@H](O)CCc2ccccc2)[C@H](O)C[C@@H]1O)N(c1cccc(CN2CCC[C@H](Nc3ccc4[nH]ncc4c3)C2)c1)S(C)(=O)=O. The minimum atomic E-state index is -3.78. The van der Waals surface area contributed by atoms with E-state index in [0.717, 1.165) is 60.8 Å². The lowest BCUT2D eigenvalue weighted by molar-refractivity contribution is -0.147. The minimum Gasteiger partial charge on any atom is -0.441 e. The Hall–Kier alpha value is -4.27. The van der Waals surface area contributed by atoms with Crippen molar-refractivity contribution in [2.24, 2.45) is 11.8 Å². The zero-order valence-electron chi connectivity index (χ0n) is 33.8. The number of allylic oxidation sites excluding steroid dienone is 2. The molecule has 1 aliphatic carbocycles. The zero-order chi connectivity index (χ0) is 41.1. The summed E-state index contributed by atoms with van der Waals surface area (Å²) in [6, 6.07) is 24.0. The quantitative estimate of drug-likeness (QED) is 0.0286. The Bertz CT molecular complexity index is 2040. The van der Waals surface area contributed by atoms with Crippen molar-refractivity contribution in [2.45, 2.75) is 115 Å². The number of carbonyl (C=O) groups is 1. The fourth-order valence-electron chi connectivity index (χ4n) is 8.75. The van der Waals surface area contributed by atoms with Crippen molar-refractivity contribution >= 4 is 38.3 Å². The van der Waals surface area contributed by atoms with Gasteiger partial charge in [-0.05, 0) is 131 Å². The maximum atomic E-state index is 13.1. The number of piperidine rings is 1. The Balaban J connectivity index is 0.936. The molecule has 6 rings (SSSR count). The summed E-state index contributed by atoms with van der Waals surface area (Å²) in [5, 5.41) is 43.8. The molecule has 1 aromatic heterocycles. The highest BCUT2D eigenvalue weighted by Crippen LogP contribution is 2.38. The Morgan fingerprint density at radius 3 is 2.64 bits per heavy atom. The molecule has 1 saturated heterocycles. The molecular formula is C45H61N5O7S. The van der Waals surface area contributed by atoms with Gasteiger partial charge in [0.2, 0.25) is 10.0 Å². The van der Waals surface area contributed by atoms with Crippen molar-refractivity contribution in [3.05, 3.63) is 102 Å². The standard InChI is InChI=1S/C45H61N5O7S/c1-32(57-45(54)18-9-4-3-8-17-40-41(44(53)28-43(40)52)23-22-39(51)21-19-33-12-6-5-7-13-33)50(58(2,55)56)38-16-10-14-34(26-38)30-49-25-11-15-37(31-49)47-36-20-24-42-35(27-36)29-46-48-42/h3,5-8,10,12-14,16,20,24,26-27,29,32,37,39-41,43-44,47,51-53H,4,9,11,15,17-19,21-23,25,28,30-31H2,1-2H3,(H,46,48)/b8-3-/t32?,37-,39-,40+,41+,43-,44+/m0/s1. The van der Waals surface area contributed by atoms with Gasteiger partial charge in [-0.1, -0.05) is 54.6 Å². The molecule has 2 aliphatic rings. The average molecular weight is 816 g/mol. The lowest BCUT2D eigenvalue weighted by Gasteiger charge is -2.34. The fourth-order valence-corrected chi connectivity index (χ4v) is 9.83. The molecule has 1 aliphatic heterocycles. The number of rotatable bonds is 20. The van der Waals surface area contributed by atoms with E-state index in [-0.39, 0.29) is 24.3 Å². The van der Waals surface area contributed by atoms with Gasteiger partial charge in [-0.15, -0.1) is 0 Å². The van der Waals surface area contributed by atoms with Gasteiger partial charge in [0.25, 0.3) is 0 Å². The van der Waals surface area contributed by atoms with Gasteiger partial charge in [-0.3, -0.25) is 14.8 Å². The number of unbranched alkanes of at least 4 members (excludes halogenated alkanes) is 1. The molecule has 5 N–H and O–H groups in total. The minimum absolute atomic E-state index is 0.0875. The van der Waals surface area contributed by atoms with Crippen LogP contribution in [0.3, 0.4) is 0 Å². The molecule has 2 heterocycles. The Morgan fingerprint density at radius 1 is 1.03 bits per heavy atom. The van der Waals surface area contributed by atoms with Crippen molar-refractivity contribution in [2.75, 3.05) is 29.0 Å². The molecule has 3 aromatic carbocycles. The summed E-state index contributed by atoms with van der Waals surface area (Å²) in [5.74, 6) is -0.665. The first-order chi connectivity index (χ1) is 27.9. The summed E-state index contributed by atoms with van der Waals surface area (Å²) in [5.41, 5.74) is 4.66. The normalized spacial score (nSPS) is 22.6. The summed E-state index contributed by atoms with van der Waals surface area (Å²) >= 11 is 0. The van der Waals surface area contributed by atoms with Gasteiger partial charge in [-0.2, -0.15) is 5.10 Å². The van der Waals surface area contributed by atoms with E-state index in [1.165, 1.54) is 9.87 Å². The predicted octanol–water partition coefficient (Wildman–Crippen LogP) is 6.54. The molecule has 0 radical (unpaired) electrons. The van der Waals surface area contributed by atoms with Crippen molar-refractivity contribution < 1.29 is 33.3 Å². The number of nitrogens with zero attached hydrogens (tertiary/aromatic N) is 3. The smallest absolute Gasteiger partial charge is 0.307 e. The molecule has 7 atom stereocenters. The van der Waals surface area contributed by atoms with Crippen molar-refractivity contribution in [3.8, 4) is 0 Å². The third-order valence-corrected chi connectivity index (χ3v) is 12.9. The second-order valence-electron chi connectivity index (χ2n) is 16.3. The molecule has 0 amide bonds. The number of hydrogen-bond acceptors (Lipinski definition) is 10. The lowest BCUT2D eigenvalue weighted by atomic mass is 9.85. The molecule has 0 spiro atoms. The molecule has 2 fully saturated rings. The van der Waals surface area contributed by atoms with E-state index < -0.39 is 40.5 Å². The summed E-state index contributed by atoms with van der Waals surface area (Å²) in [4.78, 5) is 15.3. The number of sulfonamides is 1. The number of H-pyrrole nitrogens is 1. The summed E-state index contributed by atoms with van der Waals surface area (Å²) in [6.07, 6.45) is 11.2. The number of aryl methyl sites for hydroxylation is 1. The van der Waals surface area contributed by atoms with Crippen LogP contribution in [0.2, 0.25) is 0 Å². The van der Waals surface area contributed by atoms with Crippen LogP contribution in [-0.2, 0) is 32.5 Å². The fraction of sp³-hybridized carbons (Fsp3) is 0.511. The number of benzene rings is 3. The van der Waals surface area contributed by atoms with Crippen LogP contribution in [0.15, 0.2) is 91.1 Å². The highest BCUT2D eigenvalue weighted by molar-refractivity contribution is 7.92. The number of anilines is 2. The van der Waals surface area contributed by atoms with Gasteiger partial charge >= 0.3 is 5.97 Å². The van der Waals surface area contributed by atoms with Gasteiger partial charge in [-0.25, -0.2) is 12.7 Å². The second kappa shape index (κ2) is 20.6. The maximum absolute atomic E-state index is 13.1. The summed E-state index contributed by atoms with van der Waals surface area (Å²) in [7, 11) is -3.78. The number of aromatic amines is 1. The number of aliphatic hydroxyl groups is 3. The van der Waals surface area contributed by atoms with Gasteiger partial charge in [0.1, 0.15) is 0 Å². The number of likely N-dealkylation sites (tertiary alicyclic amines) is 1. The van der Waals surface area contributed by atoms with Crippen LogP contribution in [0, 0.1) is 11.8 Å². The Labute approximate surface area is 343 Å². The Morgan fingerprint density at radius 2 is 1.83 bits per heavy atom. The van der Waals surface area contributed by atoms with E-state index in [9.17, 15) is 28.5 Å². The van der Waals surface area contributed by atoms with E-state index in [2.05, 4.69) is 44.7 Å². The van der Waals surface area contributed by atoms with E-state index in [0.29, 0.717) is 57.2 Å². The Kier molecular flexibility index (Phi) is 15.4. The first kappa shape index (κ1) is 43.3. The molecule has 58 heavy (non-hydrogen) atoms. The van der Waals surface area contributed by atoms with Crippen LogP contribution in [0.4, 0.5) is 11.4 Å². The van der Waals surface area contributed by atoms with Crippen molar-refractivity contribution in [1.29, 1.82) is 0 Å². The van der Waals surface area contributed by atoms with E-state index >= 15 is 0 Å². The van der Waals surface area contributed by atoms with Gasteiger partial charge in [0.05, 0.1) is 42.0 Å². The van der Waals surface area contributed by atoms with Gasteiger partial charge < -0.3 is 25.4 Å². The summed E-state index contributed by atoms with van der Waals surface area (Å²) in [6.45, 7) is 4.02. The average Bonchev–Trinajstić information content (AvgIpc) is 3.76. The molecule has 1 unspecified atom stereocenters. The van der Waals surface area contributed by atoms with Crippen LogP contribution < -0.4 is 9.62 Å². The number of esters is 1. The van der Waals surface area contributed by atoms with Gasteiger partial charge in [0, 0.05) is 36.6 Å². The van der Waals surface area contributed by atoms with E-state index in [1.54, 1.807) is 13.0 Å². The maximum Gasteiger partial charge on any atom is 0.307 e. The third kappa shape index (κ3) is 12.4. The second-order valence-corrected chi connectivity index (χ2v) is 18.1. The third-order valence-electron chi connectivity index (χ3n) is 11.7. The molecule has 1 saturated carbocycles. The number of aliphatic hydroxyl groups excluding tert-OH is 3. The monoisotopic (exact) mass is 815 g/mol. The molecule has 314 valence electrons. The number of ether oxygens (including phenoxy) is 1. The van der Waals surface area contributed by atoms with Crippen molar-refractivity contribution in [1.82, 2.24) is 15.1 Å². The van der Waals surface area contributed by atoms with Crippen LogP contribution in [0.5, 0.6) is 0 Å². The predicted molar refractivity (Wildman–Crippen MR) is 229 cm³/mol. The van der Waals surface area contributed by atoms with Crippen molar-refractivity contribution in [3.63, 3.8) is 0 Å². The molecular weight excluding hydrogens is 755 g/mol. The molecule has 12 nitrogen and oxygen atoms in total. The number of aromatic nitrogens is 2. The highest BCUT2D eigenvalue weighted by atomic mass is 32.2. The van der Waals surface area contributed by atoms with Crippen LogP contribution >= 0.6 is 0 Å². The number of hydrogen-bond donors (Lipinski definition) is 5. The first-order valence-corrected chi connectivity index (χ1v) is 22.7.